The Morgan fingerprint density at radius 2 is 0.778 bits per heavy atom. The van der Waals surface area contributed by atoms with Crippen LogP contribution in [0.3, 0.4) is 0 Å². The molecule has 8 bridgehead atoms. The summed E-state index contributed by atoms with van der Waals surface area (Å²) in [6, 6.07) is 21.0. The van der Waals surface area contributed by atoms with Gasteiger partial charge in [-0.3, -0.25) is 19.2 Å². The van der Waals surface area contributed by atoms with Gasteiger partial charge in [0.15, 0.2) is 0 Å². The number of nitrogens with one attached hydrogen (secondary N) is 2. The van der Waals surface area contributed by atoms with E-state index in [4.69, 9.17) is 57.2 Å². The van der Waals surface area contributed by atoms with Gasteiger partial charge in [0.2, 0.25) is 0 Å². The number of aromatic amines is 2. The van der Waals surface area contributed by atoms with Gasteiger partial charge in [-0.15, -0.1) is 0 Å². The van der Waals surface area contributed by atoms with Crippen molar-refractivity contribution in [2.75, 3.05) is 52.9 Å². The van der Waals surface area contributed by atoms with Gasteiger partial charge in [0, 0.05) is 64.3 Å². The molecule has 0 unspecified atom stereocenters. The average Bonchev–Trinajstić information content (AvgIpc) is 4.52. The first-order valence-electron chi connectivity index (χ1n) is 28.0. The van der Waals surface area contributed by atoms with Crippen LogP contribution in [0.2, 0.25) is 0 Å². The maximum atomic E-state index is 12.4. The summed E-state index contributed by atoms with van der Waals surface area (Å²) in [5, 5.41) is 0. The second kappa shape index (κ2) is 27.5. The molecule has 18 nitrogen and oxygen atoms in total. The van der Waals surface area contributed by atoms with E-state index in [2.05, 4.69) is 9.97 Å². The van der Waals surface area contributed by atoms with Crippen molar-refractivity contribution in [1.29, 1.82) is 0 Å². The molecule has 5 aromatic rings. The summed E-state index contributed by atoms with van der Waals surface area (Å²) in [4.78, 5) is 67.7. The monoisotopic (exact) mass is 1110 g/mol. The summed E-state index contributed by atoms with van der Waals surface area (Å²) < 4.78 is 60.8. The zero-order valence-electron chi connectivity index (χ0n) is 47.7. The molecular formula is C62H73BN4O14. The Hall–Kier alpha value is -7.90. The third-order valence-electron chi connectivity index (χ3n) is 13.9. The molecule has 3 aromatic heterocycles. The Balaban J connectivity index is 1.36. The van der Waals surface area contributed by atoms with E-state index in [1.165, 1.54) is 0 Å². The van der Waals surface area contributed by atoms with Crippen molar-refractivity contribution >= 4 is 82.8 Å². The molecule has 6 heterocycles. The number of carbonyl (C=O) groups is 4. The minimum Gasteiger partial charge on any atom is -0.493 e. The van der Waals surface area contributed by atoms with Gasteiger partial charge in [-0.2, -0.15) is 0 Å². The van der Waals surface area contributed by atoms with Crippen LogP contribution in [0, 0.1) is 0 Å². The number of ether oxygens (including phenoxy) is 8. The van der Waals surface area contributed by atoms with Crippen molar-refractivity contribution in [2.24, 2.45) is 0 Å². The van der Waals surface area contributed by atoms with E-state index in [1.54, 1.807) is 27.7 Å². The molecule has 1 fully saturated rings. The van der Waals surface area contributed by atoms with E-state index < -0.39 is 18.3 Å². The summed E-state index contributed by atoms with van der Waals surface area (Å²) in [7, 11) is -0.934. The van der Waals surface area contributed by atoms with Gasteiger partial charge in [0.05, 0.1) is 98.0 Å². The number of carbonyl (C=O) groups excluding carboxylic acids is 4. The van der Waals surface area contributed by atoms with Gasteiger partial charge in [-0.05, 0) is 160 Å². The highest BCUT2D eigenvalue weighted by Gasteiger charge is 2.53. The Morgan fingerprint density at radius 3 is 1.10 bits per heavy atom. The SMILES string of the molecule is CCOC(=O)CCCOc1cccc(OCCCC(=O)OCC)c1-c1c2nc(c(B3OC(C)(C)C(C)(C)O3)c3nc(c(-c4c(OCCCC(=O)OCC)cccc4OCCCC(=O)OCC)c4ccc(cc5ccc1[nH]5)[nH]4)C=C3)C=C2. The summed E-state index contributed by atoms with van der Waals surface area (Å²) in [5.41, 5.74) is 6.58. The number of benzene rings is 2. The van der Waals surface area contributed by atoms with E-state index in [-0.39, 0.29) is 102 Å². The van der Waals surface area contributed by atoms with Crippen LogP contribution < -0.4 is 24.4 Å². The molecule has 0 saturated carbocycles. The van der Waals surface area contributed by atoms with Gasteiger partial charge in [-0.25, -0.2) is 9.97 Å². The molecule has 2 N–H and O–H groups in total. The Kier molecular flexibility index (Phi) is 20.1. The molecule has 2 aromatic carbocycles. The van der Waals surface area contributed by atoms with E-state index in [1.807, 2.05) is 119 Å². The van der Waals surface area contributed by atoms with Crippen LogP contribution in [-0.4, -0.2) is 115 Å². The van der Waals surface area contributed by atoms with Crippen molar-refractivity contribution in [3.8, 4) is 45.3 Å². The number of fused-ring (bicyclic) bond motifs is 8. The van der Waals surface area contributed by atoms with E-state index in [9.17, 15) is 19.2 Å². The van der Waals surface area contributed by atoms with Crippen LogP contribution in [-0.2, 0) is 47.4 Å². The Bertz CT molecular complexity index is 3010. The van der Waals surface area contributed by atoms with Crippen molar-refractivity contribution in [3.63, 3.8) is 0 Å². The normalized spacial score (nSPS) is 13.9. The summed E-state index contributed by atoms with van der Waals surface area (Å²) in [5.74, 6) is 0.692. The zero-order valence-corrected chi connectivity index (χ0v) is 47.7. The molecule has 0 aliphatic carbocycles. The van der Waals surface area contributed by atoms with E-state index in [0.29, 0.717) is 110 Å². The quantitative estimate of drug-likeness (QED) is 0.0212. The highest BCUT2D eigenvalue weighted by Crippen LogP contribution is 2.45. The molecule has 3 aliphatic heterocycles. The van der Waals surface area contributed by atoms with Crippen LogP contribution >= 0.6 is 0 Å². The predicted octanol–water partition coefficient (Wildman–Crippen LogP) is 11.2. The van der Waals surface area contributed by atoms with Crippen LogP contribution in [0.25, 0.3) is 68.6 Å². The van der Waals surface area contributed by atoms with Crippen LogP contribution in [0.15, 0.2) is 66.7 Å². The maximum Gasteiger partial charge on any atom is 0.499 e. The average molecular weight is 1110 g/mol. The number of hydrogen-bond acceptors (Lipinski definition) is 16. The fraction of sp³-hybridized carbons (Fsp3) is 0.419. The molecule has 19 heteroatoms. The Labute approximate surface area is 473 Å². The largest absolute Gasteiger partial charge is 0.499 e. The van der Waals surface area contributed by atoms with Gasteiger partial charge >= 0.3 is 31.0 Å². The van der Waals surface area contributed by atoms with Crippen LogP contribution in [0.4, 0.5) is 0 Å². The lowest BCUT2D eigenvalue weighted by Gasteiger charge is -2.32. The number of nitrogens with zero attached hydrogens (tertiary/aromatic N) is 2. The van der Waals surface area contributed by atoms with Crippen molar-refractivity contribution < 1.29 is 66.4 Å². The molecule has 0 atom stereocenters. The Morgan fingerprint density at radius 1 is 0.457 bits per heavy atom. The topological polar surface area (TPSA) is 218 Å². The van der Waals surface area contributed by atoms with Crippen molar-refractivity contribution in [1.82, 2.24) is 19.9 Å². The van der Waals surface area contributed by atoms with E-state index >= 15 is 0 Å². The molecule has 0 radical (unpaired) electrons. The third-order valence-corrected chi connectivity index (χ3v) is 13.9. The molecule has 0 spiro atoms. The lowest BCUT2D eigenvalue weighted by atomic mass is 9.76. The summed E-state index contributed by atoms with van der Waals surface area (Å²) >= 11 is 0. The predicted molar refractivity (Wildman–Crippen MR) is 311 cm³/mol. The molecule has 3 aliphatic rings. The van der Waals surface area contributed by atoms with Crippen molar-refractivity contribution in [3.05, 3.63) is 89.5 Å². The van der Waals surface area contributed by atoms with Crippen LogP contribution in [0.5, 0.6) is 23.0 Å². The highest BCUT2D eigenvalue weighted by atomic mass is 16.7. The highest BCUT2D eigenvalue weighted by molar-refractivity contribution is 6.64. The standard InChI is InChI=1S/C62H73BN4O14/c1-9-72-52(68)23-15-35-76-48-19-13-20-49(77-36-16-24-53(69)73-10-2)58(48)56-42-29-27-40(64-42)39-41-28-30-43(65-41)57(45-32-34-47(67-45)60(46-33-31-44(56)66-46)63-80-61(5,6)62(7,8)81-63)59-50(78-37-17-25-54(70)74-11-3)21-14-22-51(59)79-38-18-26-55(71)75-12-4/h13-14,19-22,27-34,39,64-65H,9-12,15-18,23-26,35-38H2,1-8H3. The molecule has 81 heavy (non-hydrogen) atoms. The minimum atomic E-state index is -0.934. The number of aromatic nitrogens is 4. The molecule has 428 valence electrons. The summed E-state index contributed by atoms with van der Waals surface area (Å²) in [6.07, 6.45) is 10.0. The summed E-state index contributed by atoms with van der Waals surface area (Å²) in [6.45, 7) is 17.0. The third kappa shape index (κ3) is 14.7. The zero-order chi connectivity index (χ0) is 57.5. The first-order chi connectivity index (χ1) is 39.1. The second-order valence-electron chi connectivity index (χ2n) is 20.3. The maximum absolute atomic E-state index is 12.4. The minimum absolute atomic E-state index is 0.175. The molecular weight excluding hydrogens is 1040 g/mol. The van der Waals surface area contributed by atoms with E-state index in [0.717, 1.165) is 11.0 Å². The van der Waals surface area contributed by atoms with Gasteiger partial charge in [0.1, 0.15) is 23.0 Å². The number of esters is 4. The second-order valence-corrected chi connectivity index (χ2v) is 20.3. The first kappa shape index (κ1) is 59.2. The van der Waals surface area contributed by atoms with Crippen LogP contribution in [0.1, 0.15) is 130 Å². The van der Waals surface area contributed by atoms with Crippen molar-refractivity contribution in [2.45, 2.75) is 118 Å². The smallest absolute Gasteiger partial charge is 0.493 e. The van der Waals surface area contributed by atoms with Gasteiger partial charge in [-0.1, -0.05) is 12.1 Å². The first-order valence-corrected chi connectivity index (χ1v) is 28.0. The lowest BCUT2D eigenvalue weighted by molar-refractivity contribution is -0.144. The van der Waals surface area contributed by atoms with Gasteiger partial charge in [0.25, 0.3) is 0 Å². The molecule has 8 rings (SSSR count). The number of H-pyrrole nitrogens is 2. The molecule has 0 amide bonds. The molecule has 1 saturated heterocycles. The number of rotatable bonds is 27. The fourth-order valence-corrected chi connectivity index (χ4v) is 9.41. The fourth-order valence-electron chi connectivity index (χ4n) is 9.41. The van der Waals surface area contributed by atoms with Gasteiger partial charge < -0.3 is 57.2 Å². The number of hydrogen-bond donors (Lipinski definition) is 2. The lowest BCUT2D eigenvalue weighted by Crippen LogP contribution is -2.41.